The van der Waals surface area contributed by atoms with E-state index in [0.29, 0.717) is 44.7 Å². The third-order valence-electron chi connectivity index (χ3n) is 12.6. The predicted octanol–water partition coefficient (Wildman–Crippen LogP) is 7.57. The monoisotopic (exact) mass is 1010 g/mol. The first-order valence-electron chi connectivity index (χ1n) is 25.5. The summed E-state index contributed by atoms with van der Waals surface area (Å²) in [5, 5.41) is 16.7. The molecule has 75 heavy (non-hydrogen) atoms. The van der Waals surface area contributed by atoms with Crippen molar-refractivity contribution in [2.45, 2.75) is 82.2 Å². The van der Waals surface area contributed by atoms with Crippen LogP contribution in [0.3, 0.4) is 0 Å². The van der Waals surface area contributed by atoms with Crippen LogP contribution < -0.4 is 43.4 Å². The number of amides is 6. The number of urea groups is 2. The normalized spacial score (nSPS) is 16.1. The third-order valence-corrected chi connectivity index (χ3v) is 12.6. The van der Waals surface area contributed by atoms with Crippen molar-refractivity contribution in [3.05, 3.63) is 209 Å². The Hall–Kier alpha value is -8.34. The van der Waals surface area contributed by atoms with Gasteiger partial charge < -0.3 is 42.2 Å². The SMILES string of the molecule is NC(=NCc1cccc(CNC(=O)C(Cc2ccccc2)c2ccccc2)c1)NC(=O)NCC1CCCO1.NC(=NCc1cccc(NC(=O)C(Cc2ccccc2)c2ccccc2)c1)NC(=O)NCC1CCCO1. The fourth-order valence-corrected chi connectivity index (χ4v) is 8.70. The van der Waals surface area contributed by atoms with Crippen molar-refractivity contribution in [3.63, 3.8) is 0 Å². The molecule has 6 amide bonds. The van der Waals surface area contributed by atoms with Gasteiger partial charge >= 0.3 is 12.1 Å². The zero-order chi connectivity index (χ0) is 52.5. The predicted molar refractivity (Wildman–Crippen MR) is 294 cm³/mol. The summed E-state index contributed by atoms with van der Waals surface area (Å²) in [4.78, 5) is 59.2. The van der Waals surface area contributed by atoms with Crippen molar-refractivity contribution in [1.82, 2.24) is 26.6 Å². The van der Waals surface area contributed by atoms with Gasteiger partial charge in [0.25, 0.3) is 0 Å². The topological polar surface area (TPSA) is 236 Å². The molecule has 6 aromatic rings. The van der Waals surface area contributed by atoms with Gasteiger partial charge in [-0.1, -0.05) is 158 Å². The van der Waals surface area contributed by atoms with Gasteiger partial charge in [0.1, 0.15) is 0 Å². The van der Waals surface area contributed by atoms with Crippen LogP contribution in [0.1, 0.15) is 76.5 Å². The van der Waals surface area contributed by atoms with Crippen molar-refractivity contribution in [2.75, 3.05) is 31.6 Å². The molecule has 0 aliphatic carbocycles. The van der Waals surface area contributed by atoms with Gasteiger partial charge in [0, 0.05) is 38.5 Å². The molecule has 390 valence electrons. The maximum Gasteiger partial charge on any atom is 0.321 e. The fourth-order valence-electron chi connectivity index (χ4n) is 8.70. The molecule has 0 radical (unpaired) electrons. The van der Waals surface area contributed by atoms with Gasteiger partial charge in [-0.3, -0.25) is 20.2 Å². The van der Waals surface area contributed by atoms with Gasteiger partial charge in [0.05, 0.1) is 37.1 Å². The molecule has 4 unspecified atom stereocenters. The van der Waals surface area contributed by atoms with Gasteiger partial charge in [-0.05, 0) is 89.6 Å². The fraction of sp³-hybridized carbons (Fsp3) is 0.288. The first-order valence-corrected chi connectivity index (χ1v) is 25.5. The van der Waals surface area contributed by atoms with Crippen LogP contribution in [0.4, 0.5) is 15.3 Å². The van der Waals surface area contributed by atoms with E-state index in [1.54, 1.807) is 0 Å². The molecule has 0 aromatic heterocycles. The highest BCUT2D eigenvalue weighted by Gasteiger charge is 2.23. The molecule has 16 heteroatoms. The van der Waals surface area contributed by atoms with E-state index in [9.17, 15) is 19.2 Å². The molecule has 2 heterocycles. The van der Waals surface area contributed by atoms with Crippen LogP contribution in [0.2, 0.25) is 0 Å². The number of nitrogens with zero attached hydrogens (tertiary/aromatic N) is 2. The Morgan fingerprint density at radius 2 is 0.920 bits per heavy atom. The maximum atomic E-state index is 13.4. The molecular formula is C59H68N10O6. The molecule has 0 spiro atoms. The number of hydrogen-bond acceptors (Lipinski definition) is 8. The molecule has 2 aliphatic heterocycles. The summed E-state index contributed by atoms with van der Waals surface area (Å²) in [6.45, 7) is 3.32. The number of nitrogens with one attached hydrogen (secondary N) is 6. The molecular weight excluding hydrogens is 945 g/mol. The molecule has 2 fully saturated rings. The summed E-state index contributed by atoms with van der Waals surface area (Å²) < 4.78 is 11.0. The average Bonchev–Trinajstić information content (AvgIpc) is 4.18. The van der Waals surface area contributed by atoms with Crippen LogP contribution in [-0.2, 0) is 51.5 Å². The van der Waals surface area contributed by atoms with E-state index in [-0.39, 0.29) is 54.3 Å². The van der Waals surface area contributed by atoms with Crippen molar-refractivity contribution in [1.29, 1.82) is 0 Å². The van der Waals surface area contributed by atoms with Crippen LogP contribution in [0.25, 0.3) is 0 Å². The molecule has 8 rings (SSSR count). The second-order valence-corrected chi connectivity index (χ2v) is 18.4. The van der Waals surface area contributed by atoms with Crippen molar-refractivity contribution in [3.8, 4) is 0 Å². The Labute approximate surface area is 439 Å². The Morgan fingerprint density at radius 3 is 1.40 bits per heavy atom. The number of ether oxygens (including phenoxy) is 2. The number of benzene rings is 6. The van der Waals surface area contributed by atoms with E-state index in [1.807, 2.05) is 170 Å². The quantitative estimate of drug-likeness (QED) is 0.0297. The first-order chi connectivity index (χ1) is 36.6. The summed E-state index contributed by atoms with van der Waals surface area (Å²) in [6, 6.07) is 54.1. The third kappa shape index (κ3) is 18.9. The molecule has 6 aromatic carbocycles. The number of hydrogen-bond donors (Lipinski definition) is 8. The van der Waals surface area contributed by atoms with E-state index < -0.39 is 12.1 Å². The van der Waals surface area contributed by atoms with Gasteiger partial charge in [0.2, 0.25) is 11.8 Å². The molecule has 4 atom stereocenters. The van der Waals surface area contributed by atoms with Crippen LogP contribution in [0, 0.1) is 0 Å². The Bertz CT molecular complexity index is 2790. The van der Waals surface area contributed by atoms with Crippen LogP contribution in [0.5, 0.6) is 0 Å². The standard InChI is InChI=1S/C30H35N5O3.C29H33N5O3/c31-29(35-30(37)34-21-26-15-8-16-38-26)33-20-24-12-7-11-23(17-24)19-32-28(36)27(25-13-5-2-6-14-25)18-22-9-3-1-4-10-22;30-28(34-29(36)32-20-25-15-8-16-37-25)31-19-22-11-7-14-24(17-22)33-27(35)26(23-12-5-2-6-13-23)18-21-9-3-1-4-10-21/h1-7,9-14,17,26-27H,8,15-16,18-21H2,(H,32,36)(H4,31,33,34,35,37);1-7,9-14,17,25-26H,8,15-16,18-20H2,(H,33,35)(H4,30,31,32,34,36). The Balaban J connectivity index is 0.000000219. The van der Waals surface area contributed by atoms with Crippen molar-refractivity contribution >= 4 is 41.5 Å². The number of guanidine groups is 2. The van der Waals surface area contributed by atoms with E-state index >= 15 is 0 Å². The summed E-state index contributed by atoms with van der Waals surface area (Å²) in [5.74, 6) is -0.668. The molecule has 2 saturated heterocycles. The maximum absolute atomic E-state index is 13.4. The Kier molecular flexibility index (Phi) is 21.3. The van der Waals surface area contributed by atoms with E-state index in [1.165, 1.54) is 0 Å². The van der Waals surface area contributed by atoms with Gasteiger partial charge in [-0.15, -0.1) is 0 Å². The summed E-state index contributed by atoms with van der Waals surface area (Å²) in [5.41, 5.74) is 19.3. The lowest BCUT2D eigenvalue weighted by molar-refractivity contribution is -0.122. The molecule has 0 saturated carbocycles. The zero-order valence-electron chi connectivity index (χ0n) is 42.2. The molecule has 2 aliphatic rings. The average molecular weight is 1010 g/mol. The minimum absolute atomic E-state index is 0.0197. The minimum Gasteiger partial charge on any atom is -0.376 e. The number of nitrogens with two attached hydrogens (primary N) is 2. The second-order valence-electron chi connectivity index (χ2n) is 18.4. The van der Waals surface area contributed by atoms with Crippen LogP contribution >= 0.6 is 0 Å². The number of rotatable bonds is 19. The summed E-state index contributed by atoms with van der Waals surface area (Å²) in [7, 11) is 0. The number of anilines is 1. The van der Waals surface area contributed by atoms with E-state index in [0.717, 1.165) is 77.8 Å². The highest BCUT2D eigenvalue weighted by Crippen LogP contribution is 2.25. The highest BCUT2D eigenvalue weighted by molar-refractivity contribution is 5.97. The van der Waals surface area contributed by atoms with Crippen molar-refractivity contribution < 1.29 is 28.7 Å². The number of carbonyl (C=O) groups excluding carboxylic acids is 4. The molecule has 16 nitrogen and oxygen atoms in total. The van der Waals surface area contributed by atoms with Crippen LogP contribution in [-0.4, -0.2) is 74.3 Å². The largest absolute Gasteiger partial charge is 0.376 e. The van der Waals surface area contributed by atoms with Gasteiger partial charge in [-0.2, -0.15) is 0 Å². The zero-order valence-corrected chi connectivity index (χ0v) is 42.2. The first kappa shape index (κ1) is 54.4. The minimum atomic E-state index is -0.414. The summed E-state index contributed by atoms with van der Waals surface area (Å²) >= 11 is 0. The summed E-state index contributed by atoms with van der Waals surface area (Å²) in [6.07, 6.45) is 5.24. The lowest BCUT2D eigenvalue weighted by Gasteiger charge is -2.18. The van der Waals surface area contributed by atoms with Gasteiger partial charge in [0.15, 0.2) is 11.9 Å². The van der Waals surface area contributed by atoms with Crippen LogP contribution in [0.15, 0.2) is 180 Å². The number of carbonyl (C=O) groups is 4. The van der Waals surface area contributed by atoms with Crippen molar-refractivity contribution in [2.24, 2.45) is 21.5 Å². The Morgan fingerprint density at radius 1 is 0.493 bits per heavy atom. The smallest absolute Gasteiger partial charge is 0.321 e. The van der Waals surface area contributed by atoms with E-state index in [2.05, 4.69) is 41.9 Å². The van der Waals surface area contributed by atoms with E-state index in [4.69, 9.17) is 20.9 Å². The second kappa shape index (κ2) is 29.4. The van der Waals surface area contributed by atoms with Gasteiger partial charge in [-0.25, -0.2) is 19.6 Å². The highest BCUT2D eigenvalue weighted by atomic mass is 16.5. The molecule has 0 bridgehead atoms. The lowest BCUT2D eigenvalue weighted by Crippen LogP contribution is -2.45. The number of aliphatic imine (C=N–C) groups is 2. The molecule has 10 N–H and O–H groups in total. The lowest BCUT2D eigenvalue weighted by atomic mass is 9.91.